The minimum atomic E-state index is 0.756. The highest BCUT2D eigenvalue weighted by Crippen LogP contribution is 2.33. The highest BCUT2D eigenvalue weighted by molar-refractivity contribution is 5.09. The summed E-state index contributed by atoms with van der Waals surface area (Å²) in [6.45, 7) is 3.38. The van der Waals surface area contributed by atoms with Gasteiger partial charge in [0.05, 0.1) is 0 Å². The van der Waals surface area contributed by atoms with Gasteiger partial charge < -0.3 is 5.32 Å². The first-order chi connectivity index (χ1) is 7.40. The van der Waals surface area contributed by atoms with Crippen molar-refractivity contribution in [3.8, 4) is 0 Å². The van der Waals surface area contributed by atoms with Gasteiger partial charge >= 0.3 is 0 Å². The maximum absolute atomic E-state index is 4.02. The minimum absolute atomic E-state index is 0.756. The molecule has 1 aliphatic rings. The fraction of sp³-hybridized carbons (Fsp3) is 0.615. The van der Waals surface area contributed by atoms with Crippen molar-refractivity contribution >= 4 is 0 Å². The lowest BCUT2D eigenvalue weighted by molar-refractivity contribution is 0.453. The van der Waals surface area contributed by atoms with Crippen molar-refractivity contribution in [3.05, 3.63) is 30.1 Å². The lowest BCUT2D eigenvalue weighted by atomic mass is 10.1. The molecule has 1 atom stereocenters. The first-order valence-corrected chi connectivity index (χ1v) is 6.02. The number of nitrogens with one attached hydrogen (secondary N) is 1. The molecule has 15 heavy (non-hydrogen) atoms. The summed E-state index contributed by atoms with van der Waals surface area (Å²) >= 11 is 0. The Morgan fingerprint density at radius 2 is 2.13 bits per heavy atom. The number of hydrogen-bond donors (Lipinski definition) is 1. The Labute approximate surface area is 92.1 Å². The molecular weight excluding hydrogens is 184 g/mol. The molecule has 1 fully saturated rings. The molecule has 0 amide bonds. The summed E-state index contributed by atoms with van der Waals surface area (Å²) in [4.78, 5) is 4.02. The van der Waals surface area contributed by atoms with Crippen LogP contribution in [0.2, 0.25) is 0 Å². The van der Waals surface area contributed by atoms with Crippen molar-refractivity contribution in [2.24, 2.45) is 5.92 Å². The third-order valence-corrected chi connectivity index (χ3v) is 3.20. The van der Waals surface area contributed by atoms with E-state index in [2.05, 4.69) is 29.4 Å². The standard InChI is InChI=1S/C13H20N2/c1-2-13(12-3-4-12)15-10-7-11-5-8-14-9-6-11/h5-6,8-9,12-13,15H,2-4,7,10H2,1H3. The molecule has 1 N–H and O–H groups in total. The summed E-state index contributed by atoms with van der Waals surface area (Å²) in [7, 11) is 0. The van der Waals surface area contributed by atoms with Crippen molar-refractivity contribution in [2.45, 2.75) is 38.6 Å². The van der Waals surface area contributed by atoms with E-state index in [1.54, 1.807) is 0 Å². The summed E-state index contributed by atoms with van der Waals surface area (Å²) < 4.78 is 0. The van der Waals surface area contributed by atoms with Crippen LogP contribution in [-0.4, -0.2) is 17.6 Å². The molecule has 0 aromatic carbocycles. The van der Waals surface area contributed by atoms with Gasteiger partial charge in [0, 0.05) is 18.4 Å². The molecule has 1 aromatic heterocycles. The molecule has 0 spiro atoms. The Balaban J connectivity index is 1.69. The molecule has 0 saturated heterocycles. The van der Waals surface area contributed by atoms with Gasteiger partial charge in [-0.15, -0.1) is 0 Å². The van der Waals surface area contributed by atoms with Crippen LogP contribution in [0.4, 0.5) is 0 Å². The molecule has 1 aliphatic carbocycles. The normalized spacial score (nSPS) is 17.7. The maximum atomic E-state index is 4.02. The predicted molar refractivity (Wildman–Crippen MR) is 62.7 cm³/mol. The van der Waals surface area contributed by atoms with Crippen molar-refractivity contribution in [1.82, 2.24) is 10.3 Å². The van der Waals surface area contributed by atoms with E-state index in [0.29, 0.717) is 0 Å². The van der Waals surface area contributed by atoms with Gasteiger partial charge in [-0.3, -0.25) is 4.98 Å². The zero-order chi connectivity index (χ0) is 10.5. The largest absolute Gasteiger partial charge is 0.313 e. The summed E-state index contributed by atoms with van der Waals surface area (Å²) in [5.41, 5.74) is 1.38. The van der Waals surface area contributed by atoms with Gasteiger partial charge in [-0.1, -0.05) is 6.92 Å². The van der Waals surface area contributed by atoms with Crippen molar-refractivity contribution in [1.29, 1.82) is 0 Å². The molecular formula is C13H20N2. The monoisotopic (exact) mass is 204 g/mol. The number of aromatic nitrogens is 1. The summed E-state index contributed by atoms with van der Waals surface area (Å²) in [5.74, 6) is 0.965. The molecule has 2 rings (SSSR count). The highest BCUT2D eigenvalue weighted by atomic mass is 14.9. The summed E-state index contributed by atoms with van der Waals surface area (Å²) in [6, 6.07) is 4.95. The molecule has 1 unspecified atom stereocenters. The summed E-state index contributed by atoms with van der Waals surface area (Å²) in [5, 5.41) is 3.66. The topological polar surface area (TPSA) is 24.9 Å². The molecule has 0 radical (unpaired) electrons. The van der Waals surface area contributed by atoms with Crippen molar-refractivity contribution in [3.63, 3.8) is 0 Å². The van der Waals surface area contributed by atoms with E-state index in [9.17, 15) is 0 Å². The Morgan fingerprint density at radius 1 is 1.40 bits per heavy atom. The van der Waals surface area contributed by atoms with Crippen LogP contribution in [0.3, 0.4) is 0 Å². The van der Waals surface area contributed by atoms with Gasteiger partial charge in [-0.05, 0) is 55.8 Å². The van der Waals surface area contributed by atoms with Crippen LogP contribution in [0.15, 0.2) is 24.5 Å². The second kappa shape index (κ2) is 5.26. The number of pyridine rings is 1. The van der Waals surface area contributed by atoms with E-state index in [1.807, 2.05) is 12.4 Å². The maximum Gasteiger partial charge on any atom is 0.0270 e. The van der Waals surface area contributed by atoms with E-state index in [0.717, 1.165) is 24.9 Å². The first-order valence-electron chi connectivity index (χ1n) is 6.02. The molecule has 2 heteroatoms. The molecule has 1 heterocycles. The zero-order valence-corrected chi connectivity index (χ0v) is 9.45. The number of hydrogen-bond acceptors (Lipinski definition) is 2. The quantitative estimate of drug-likeness (QED) is 0.769. The zero-order valence-electron chi connectivity index (χ0n) is 9.45. The van der Waals surface area contributed by atoms with Gasteiger partial charge in [-0.25, -0.2) is 0 Å². The van der Waals surface area contributed by atoms with Crippen LogP contribution in [0, 0.1) is 5.92 Å². The van der Waals surface area contributed by atoms with Crippen molar-refractivity contribution in [2.75, 3.05) is 6.54 Å². The molecule has 1 saturated carbocycles. The Bertz CT molecular complexity index is 280. The van der Waals surface area contributed by atoms with Crippen LogP contribution >= 0.6 is 0 Å². The van der Waals surface area contributed by atoms with Gasteiger partial charge in [0.25, 0.3) is 0 Å². The van der Waals surface area contributed by atoms with Gasteiger partial charge in [-0.2, -0.15) is 0 Å². The van der Waals surface area contributed by atoms with Gasteiger partial charge in [0.2, 0.25) is 0 Å². The Morgan fingerprint density at radius 3 is 2.73 bits per heavy atom. The number of nitrogens with zero attached hydrogens (tertiary/aromatic N) is 1. The van der Waals surface area contributed by atoms with Crippen LogP contribution in [0.5, 0.6) is 0 Å². The van der Waals surface area contributed by atoms with Crippen molar-refractivity contribution < 1.29 is 0 Å². The number of rotatable bonds is 6. The molecule has 82 valence electrons. The Kier molecular flexibility index (Phi) is 3.73. The van der Waals surface area contributed by atoms with E-state index in [4.69, 9.17) is 0 Å². The molecule has 2 nitrogen and oxygen atoms in total. The second-order valence-electron chi connectivity index (χ2n) is 4.41. The fourth-order valence-corrected chi connectivity index (χ4v) is 2.09. The first kappa shape index (κ1) is 10.6. The molecule has 1 aromatic rings. The fourth-order valence-electron chi connectivity index (χ4n) is 2.09. The smallest absolute Gasteiger partial charge is 0.0270 e. The average Bonchev–Trinajstić information content (AvgIpc) is 3.10. The molecule has 0 aliphatic heterocycles. The van der Waals surface area contributed by atoms with Crippen LogP contribution in [0.1, 0.15) is 31.7 Å². The lowest BCUT2D eigenvalue weighted by Gasteiger charge is -2.15. The van der Waals surface area contributed by atoms with Crippen LogP contribution in [-0.2, 0) is 6.42 Å². The second-order valence-corrected chi connectivity index (χ2v) is 4.41. The predicted octanol–water partition coefficient (Wildman–Crippen LogP) is 2.40. The van der Waals surface area contributed by atoms with E-state index >= 15 is 0 Å². The third kappa shape index (κ3) is 3.31. The third-order valence-electron chi connectivity index (χ3n) is 3.20. The van der Waals surface area contributed by atoms with Gasteiger partial charge in [0.15, 0.2) is 0 Å². The average molecular weight is 204 g/mol. The van der Waals surface area contributed by atoms with Crippen LogP contribution in [0.25, 0.3) is 0 Å². The summed E-state index contributed by atoms with van der Waals surface area (Å²) in [6.07, 6.45) is 8.98. The molecule has 0 bridgehead atoms. The Hall–Kier alpha value is -0.890. The SMILES string of the molecule is CCC(NCCc1ccncc1)C1CC1. The van der Waals surface area contributed by atoms with Crippen LogP contribution < -0.4 is 5.32 Å². The highest BCUT2D eigenvalue weighted by Gasteiger charge is 2.29. The van der Waals surface area contributed by atoms with Gasteiger partial charge in [0.1, 0.15) is 0 Å². The lowest BCUT2D eigenvalue weighted by Crippen LogP contribution is -2.32. The minimum Gasteiger partial charge on any atom is -0.313 e. The van der Waals surface area contributed by atoms with E-state index in [1.165, 1.54) is 24.8 Å². The van der Waals surface area contributed by atoms with E-state index in [-0.39, 0.29) is 0 Å². The van der Waals surface area contributed by atoms with E-state index < -0.39 is 0 Å².